The van der Waals surface area contributed by atoms with Gasteiger partial charge in [-0.25, -0.2) is 0 Å². The first-order valence-corrected chi connectivity index (χ1v) is 7.00. The predicted molar refractivity (Wildman–Crippen MR) is 73.1 cm³/mol. The van der Waals surface area contributed by atoms with Crippen LogP contribution in [0.4, 0.5) is 0 Å². The molecule has 0 radical (unpaired) electrons. The minimum Gasteiger partial charge on any atom is -0.481 e. The molecule has 0 fully saturated rings. The molecule has 0 bridgehead atoms. The monoisotopic (exact) mass is 277 g/mol. The number of aromatic nitrogens is 3. The van der Waals surface area contributed by atoms with Crippen molar-refractivity contribution in [1.29, 1.82) is 0 Å². The van der Waals surface area contributed by atoms with Crippen LogP contribution in [0.5, 0.6) is 0 Å². The minimum atomic E-state index is -0.844. The number of rotatable bonds is 7. The molecule has 6 heteroatoms. The van der Waals surface area contributed by atoms with Gasteiger partial charge in [-0.1, -0.05) is 42.1 Å². The standard InChI is InChI=1S/C13H15N3O2S/c17-12(18)9-19-13-15-14-10-16(13)8-4-7-11-5-2-1-3-6-11/h1-3,5-6,10H,4,7-9H2,(H,17,18). The maximum atomic E-state index is 10.5. The van der Waals surface area contributed by atoms with Gasteiger partial charge >= 0.3 is 5.97 Å². The zero-order chi connectivity index (χ0) is 13.5. The Morgan fingerprint density at radius 1 is 1.32 bits per heavy atom. The van der Waals surface area contributed by atoms with Crippen molar-refractivity contribution in [2.75, 3.05) is 5.75 Å². The highest BCUT2D eigenvalue weighted by molar-refractivity contribution is 7.99. The summed E-state index contributed by atoms with van der Waals surface area (Å²) in [6.45, 7) is 0.795. The lowest BCUT2D eigenvalue weighted by Crippen LogP contribution is -2.03. The van der Waals surface area contributed by atoms with E-state index in [1.165, 1.54) is 17.3 Å². The van der Waals surface area contributed by atoms with E-state index in [1.807, 2.05) is 22.8 Å². The number of carboxylic acids is 1. The van der Waals surface area contributed by atoms with Crippen molar-refractivity contribution in [2.24, 2.45) is 0 Å². The largest absolute Gasteiger partial charge is 0.481 e. The van der Waals surface area contributed by atoms with Gasteiger partial charge in [0.2, 0.25) is 0 Å². The molecule has 0 aliphatic heterocycles. The average molecular weight is 277 g/mol. The Hall–Kier alpha value is -1.82. The number of hydrogen-bond acceptors (Lipinski definition) is 4. The summed E-state index contributed by atoms with van der Waals surface area (Å²) in [6, 6.07) is 10.3. The second-order valence-corrected chi connectivity index (χ2v) is 5.02. The van der Waals surface area contributed by atoms with Gasteiger partial charge in [-0.3, -0.25) is 4.79 Å². The van der Waals surface area contributed by atoms with Crippen molar-refractivity contribution < 1.29 is 9.90 Å². The minimum absolute atomic E-state index is 0.0113. The van der Waals surface area contributed by atoms with Crippen molar-refractivity contribution in [3.8, 4) is 0 Å². The van der Waals surface area contributed by atoms with Gasteiger partial charge in [-0.2, -0.15) is 0 Å². The van der Waals surface area contributed by atoms with E-state index in [1.54, 1.807) is 6.33 Å². The van der Waals surface area contributed by atoms with E-state index in [0.717, 1.165) is 19.4 Å². The summed E-state index contributed by atoms with van der Waals surface area (Å²) in [5.41, 5.74) is 1.30. The summed E-state index contributed by atoms with van der Waals surface area (Å²) in [5.74, 6) is -0.832. The number of carbonyl (C=O) groups is 1. The van der Waals surface area contributed by atoms with Gasteiger partial charge in [0.25, 0.3) is 0 Å². The fraction of sp³-hybridized carbons (Fsp3) is 0.308. The van der Waals surface area contributed by atoms with E-state index in [-0.39, 0.29) is 5.75 Å². The molecule has 19 heavy (non-hydrogen) atoms. The van der Waals surface area contributed by atoms with Gasteiger partial charge in [0.05, 0.1) is 5.75 Å². The Bertz CT molecular complexity index is 528. The summed E-state index contributed by atoms with van der Waals surface area (Å²) >= 11 is 1.20. The normalized spacial score (nSPS) is 10.5. The summed E-state index contributed by atoms with van der Waals surface area (Å²) in [4.78, 5) is 10.5. The number of aryl methyl sites for hydroxylation is 2. The topological polar surface area (TPSA) is 68.0 Å². The number of thioether (sulfide) groups is 1. The Balaban J connectivity index is 1.83. The first kappa shape index (κ1) is 13.6. The Morgan fingerprint density at radius 2 is 2.11 bits per heavy atom. The molecule has 1 aromatic heterocycles. The van der Waals surface area contributed by atoms with E-state index >= 15 is 0 Å². The van der Waals surface area contributed by atoms with Crippen LogP contribution in [0.25, 0.3) is 0 Å². The number of nitrogens with zero attached hydrogens (tertiary/aromatic N) is 3. The third-order valence-corrected chi connectivity index (χ3v) is 3.58. The molecule has 0 aliphatic rings. The van der Waals surface area contributed by atoms with Gasteiger partial charge in [-0.15, -0.1) is 10.2 Å². The van der Waals surface area contributed by atoms with Crippen LogP contribution in [0.15, 0.2) is 41.8 Å². The van der Waals surface area contributed by atoms with Crippen LogP contribution in [0.1, 0.15) is 12.0 Å². The zero-order valence-electron chi connectivity index (χ0n) is 10.4. The first-order chi connectivity index (χ1) is 9.25. The smallest absolute Gasteiger partial charge is 0.313 e. The van der Waals surface area contributed by atoms with Crippen LogP contribution >= 0.6 is 11.8 Å². The molecule has 5 nitrogen and oxygen atoms in total. The summed E-state index contributed by atoms with van der Waals surface area (Å²) in [7, 11) is 0. The van der Waals surface area contributed by atoms with E-state index in [9.17, 15) is 4.79 Å². The molecule has 1 heterocycles. The van der Waals surface area contributed by atoms with E-state index < -0.39 is 5.97 Å². The number of benzene rings is 1. The molecule has 0 spiro atoms. The lowest BCUT2D eigenvalue weighted by Gasteiger charge is -2.05. The van der Waals surface area contributed by atoms with Crippen LogP contribution < -0.4 is 0 Å². The lowest BCUT2D eigenvalue weighted by molar-refractivity contribution is -0.133. The summed E-state index contributed by atoms with van der Waals surface area (Å²) < 4.78 is 1.90. The van der Waals surface area contributed by atoms with Gasteiger partial charge in [0.1, 0.15) is 6.33 Å². The summed E-state index contributed by atoms with van der Waals surface area (Å²) in [5, 5.41) is 17.1. The molecule has 100 valence electrons. The average Bonchev–Trinajstić information content (AvgIpc) is 2.85. The SMILES string of the molecule is O=C(O)CSc1nncn1CCCc1ccccc1. The highest BCUT2D eigenvalue weighted by atomic mass is 32.2. The van der Waals surface area contributed by atoms with Crippen molar-refractivity contribution in [2.45, 2.75) is 24.5 Å². The van der Waals surface area contributed by atoms with Crippen molar-refractivity contribution in [3.63, 3.8) is 0 Å². The molecule has 0 saturated heterocycles. The molecule has 2 rings (SSSR count). The fourth-order valence-corrected chi connectivity index (χ4v) is 2.40. The molecule has 0 saturated carbocycles. The first-order valence-electron chi connectivity index (χ1n) is 6.02. The third kappa shape index (κ3) is 4.40. The van der Waals surface area contributed by atoms with Gasteiger partial charge in [0, 0.05) is 6.54 Å². The molecule has 1 aromatic carbocycles. The molecular formula is C13H15N3O2S. The van der Waals surface area contributed by atoms with Crippen molar-refractivity contribution in [1.82, 2.24) is 14.8 Å². The molecule has 0 atom stereocenters. The molecule has 0 unspecified atom stereocenters. The molecule has 2 aromatic rings. The Kier molecular flexibility index (Phi) is 4.97. The van der Waals surface area contributed by atoms with Crippen LogP contribution in [-0.4, -0.2) is 31.6 Å². The maximum Gasteiger partial charge on any atom is 0.313 e. The summed E-state index contributed by atoms with van der Waals surface area (Å²) in [6.07, 6.45) is 3.61. The number of hydrogen-bond donors (Lipinski definition) is 1. The van der Waals surface area contributed by atoms with E-state index in [0.29, 0.717) is 5.16 Å². The second kappa shape index (κ2) is 6.94. The third-order valence-electron chi connectivity index (χ3n) is 2.61. The van der Waals surface area contributed by atoms with E-state index in [4.69, 9.17) is 5.11 Å². The van der Waals surface area contributed by atoms with Gasteiger partial charge in [0.15, 0.2) is 5.16 Å². The number of aliphatic carboxylic acids is 1. The Labute approximate surface area is 115 Å². The zero-order valence-corrected chi connectivity index (χ0v) is 11.2. The van der Waals surface area contributed by atoms with Crippen LogP contribution in [0.3, 0.4) is 0 Å². The lowest BCUT2D eigenvalue weighted by atomic mass is 10.1. The van der Waals surface area contributed by atoms with Crippen molar-refractivity contribution >= 4 is 17.7 Å². The fourth-order valence-electron chi connectivity index (χ4n) is 1.73. The highest BCUT2D eigenvalue weighted by Crippen LogP contribution is 2.15. The molecule has 0 amide bonds. The van der Waals surface area contributed by atoms with Crippen LogP contribution in [0, 0.1) is 0 Å². The van der Waals surface area contributed by atoms with Crippen molar-refractivity contribution in [3.05, 3.63) is 42.2 Å². The second-order valence-electron chi connectivity index (χ2n) is 4.08. The van der Waals surface area contributed by atoms with Crippen LogP contribution in [0.2, 0.25) is 0 Å². The molecule has 1 N–H and O–H groups in total. The molecule has 0 aliphatic carbocycles. The van der Waals surface area contributed by atoms with Gasteiger partial charge < -0.3 is 9.67 Å². The van der Waals surface area contributed by atoms with Crippen LogP contribution in [-0.2, 0) is 17.8 Å². The van der Waals surface area contributed by atoms with E-state index in [2.05, 4.69) is 22.3 Å². The number of carboxylic acid groups (broad SMARTS) is 1. The highest BCUT2D eigenvalue weighted by Gasteiger charge is 2.07. The quantitative estimate of drug-likeness (QED) is 0.785. The maximum absolute atomic E-state index is 10.5. The Morgan fingerprint density at radius 3 is 2.84 bits per heavy atom. The molecular weight excluding hydrogens is 262 g/mol. The van der Waals surface area contributed by atoms with Gasteiger partial charge in [-0.05, 0) is 18.4 Å². The predicted octanol–water partition coefficient (Wildman–Crippen LogP) is 2.09.